The molecule has 2 aromatic rings. The number of H-pyrrole nitrogens is 1. The summed E-state index contributed by atoms with van der Waals surface area (Å²) in [5.41, 5.74) is 0.416. The van der Waals surface area contributed by atoms with E-state index in [0.29, 0.717) is 22.7 Å². The molecule has 0 unspecified atom stereocenters. The van der Waals surface area contributed by atoms with E-state index in [0.717, 1.165) is 6.08 Å². The summed E-state index contributed by atoms with van der Waals surface area (Å²) in [7, 11) is 0. The van der Waals surface area contributed by atoms with Crippen molar-refractivity contribution in [1.82, 2.24) is 4.98 Å². The van der Waals surface area contributed by atoms with Crippen molar-refractivity contribution in [2.45, 2.75) is 6.42 Å². The second-order valence-electron chi connectivity index (χ2n) is 3.77. The average Bonchev–Trinajstić information content (AvgIpc) is 2.69. The summed E-state index contributed by atoms with van der Waals surface area (Å²) in [4.78, 5) is 24.9. The van der Waals surface area contributed by atoms with Crippen LogP contribution in [-0.2, 0) is 11.2 Å². The van der Waals surface area contributed by atoms with Gasteiger partial charge in [0, 0.05) is 17.3 Å². The van der Waals surface area contributed by atoms with Gasteiger partial charge in [-0.25, -0.2) is 9.18 Å². The number of aromatic amines is 1. The molecule has 1 N–H and O–H groups in total. The predicted molar refractivity (Wildman–Crippen MR) is 66.1 cm³/mol. The van der Waals surface area contributed by atoms with Gasteiger partial charge >= 0.3 is 5.63 Å². The van der Waals surface area contributed by atoms with Crippen LogP contribution in [0.5, 0.6) is 0 Å². The van der Waals surface area contributed by atoms with Crippen molar-refractivity contribution in [1.29, 1.82) is 0 Å². The Labute approximate surface area is 101 Å². The van der Waals surface area contributed by atoms with E-state index in [1.54, 1.807) is 0 Å². The van der Waals surface area contributed by atoms with Gasteiger partial charge in [-0.3, -0.25) is 0 Å². The number of hydrogen-bond donors (Lipinski definition) is 1. The zero-order valence-corrected chi connectivity index (χ0v) is 9.46. The van der Waals surface area contributed by atoms with Crippen LogP contribution in [0.15, 0.2) is 27.7 Å². The van der Waals surface area contributed by atoms with Crippen molar-refractivity contribution < 1.29 is 13.6 Å². The third-order valence-corrected chi connectivity index (χ3v) is 2.48. The van der Waals surface area contributed by atoms with E-state index >= 15 is 0 Å². The fourth-order valence-corrected chi connectivity index (χ4v) is 1.75. The van der Waals surface area contributed by atoms with E-state index in [2.05, 4.69) is 18.1 Å². The number of nitrogens with one attached hydrogen (secondary N) is 1. The number of carbonyl (C=O) groups excluding carboxylic acids is 1. The maximum Gasteiger partial charge on any atom is 0.345 e. The van der Waals surface area contributed by atoms with E-state index in [9.17, 15) is 14.0 Å². The van der Waals surface area contributed by atoms with Gasteiger partial charge in [0.25, 0.3) is 0 Å². The van der Waals surface area contributed by atoms with Gasteiger partial charge in [-0.1, -0.05) is 13.2 Å². The first-order valence-electron chi connectivity index (χ1n) is 5.16. The lowest BCUT2D eigenvalue weighted by Crippen LogP contribution is -2.28. The molecule has 0 aliphatic heterocycles. The minimum Gasteiger partial charge on any atom is -0.423 e. The highest BCUT2D eigenvalue weighted by molar-refractivity contribution is 5.81. The Morgan fingerprint density at radius 1 is 1.56 bits per heavy atom. The first-order chi connectivity index (χ1) is 8.52. The number of allylic oxidation sites excluding steroid dienone is 1. The fraction of sp³-hybridized carbons (Fsp3) is 0.0769. The van der Waals surface area contributed by atoms with Gasteiger partial charge in [-0.05, 0) is 12.1 Å². The molecular formula is C13H10FNO3. The molecule has 0 saturated heterocycles. The van der Waals surface area contributed by atoms with Crippen LogP contribution in [0.4, 0.5) is 4.39 Å². The van der Waals surface area contributed by atoms with Crippen molar-refractivity contribution in [3.63, 3.8) is 0 Å². The highest BCUT2D eigenvalue weighted by Gasteiger charge is 2.08. The van der Waals surface area contributed by atoms with Gasteiger partial charge in [-0.15, -0.1) is 0 Å². The number of carbonyl (C=O) groups is 1. The Morgan fingerprint density at radius 2 is 2.28 bits per heavy atom. The Morgan fingerprint density at radius 3 is 2.89 bits per heavy atom. The Hall–Kier alpha value is -2.43. The quantitative estimate of drug-likeness (QED) is 0.805. The third-order valence-electron chi connectivity index (χ3n) is 2.48. The lowest BCUT2D eigenvalue weighted by molar-refractivity contribution is -0.107. The Bertz CT molecular complexity index is 798. The second-order valence-corrected chi connectivity index (χ2v) is 3.77. The van der Waals surface area contributed by atoms with Gasteiger partial charge in [-0.2, -0.15) is 0 Å². The molecular weight excluding hydrogens is 237 g/mol. The molecule has 0 radical (unpaired) electrons. The lowest BCUT2D eigenvalue weighted by Gasteiger charge is -1.92. The molecule has 0 saturated carbocycles. The molecule has 0 aliphatic rings. The monoisotopic (exact) mass is 247 g/mol. The molecule has 2 heterocycles. The molecule has 0 aliphatic carbocycles. The topological polar surface area (TPSA) is 63.1 Å². The summed E-state index contributed by atoms with van der Waals surface area (Å²) in [6, 6.07) is 1.51. The van der Waals surface area contributed by atoms with Crippen LogP contribution in [0, 0.1) is 0 Å². The fourth-order valence-electron chi connectivity index (χ4n) is 1.75. The molecule has 92 valence electrons. The SMILES string of the molecule is C=C(F)/C=c1\c(=C)oc(=O)c2cc(CC=O)[nH]c12. The summed E-state index contributed by atoms with van der Waals surface area (Å²) < 4.78 is 17.8. The zero-order chi connectivity index (χ0) is 13.3. The first-order valence-corrected chi connectivity index (χ1v) is 5.16. The molecule has 18 heavy (non-hydrogen) atoms. The van der Waals surface area contributed by atoms with Crippen LogP contribution in [-0.4, -0.2) is 11.3 Å². The first kappa shape index (κ1) is 12.0. The molecule has 0 fully saturated rings. The van der Waals surface area contributed by atoms with Crippen molar-refractivity contribution in [3.8, 4) is 0 Å². The normalized spacial score (nSPS) is 11.9. The zero-order valence-electron chi connectivity index (χ0n) is 9.46. The van der Waals surface area contributed by atoms with E-state index in [1.807, 2.05) is 0 Å². The molecule has 2 rings (SSSR count). The highest BCUT2D eigenvalue weighted by atomic mass is 19.1. The summed E-state index contributed by atoms with van der Waals surface area (Å²) in [6.07, 6.45) is 1.96. The van der Waals surface area contributed by atoms with E-state index in [4.69, 9.17) is 4.42 Å². The molecule has 4 nitrogen and oxygen atoms in total. The van der Waals surface area contributed by atoms with Gasteiger partial charge < -0.3 is 14.2 Å². The maximum atomic E-state index is 12.9. The smallest absolute Gasteiger partial charge is 0.345 e. The Balaban J connectivity index is 2.94. The average molecular weight is 247 g/mol. The number of hydrogen-bond acceptors (Lipinski definition) is 3. The van der Waals surface area contributed by atoms with E-state index < -0.39 is 11.5 Å². The molecule has 0 atom stereocenters. The predicted octanol–water partition coefficient (Wildman–Crippen LogP) is 0.536. The minimum atomic E-state index is -0.679. The molecule has 0 amide bonds. The number of aromatic nitrogens is 1. The van der Waals surface area contributed by atoms with Crippen LogP contribution in [0.1, 0.15) is 5.69 Å². The standard InChI is InChI=1S/C13H10FNO3/c1-7(14)5-10-8(2)18-13(17)11-6-9(3-4-16)15-12(10)11/h4-6,15H,1-3H2/b10-5+. The van der Waals surface area contributed by atoms with Gasteiger partial charge in [0.1, 0.15) is 17.5 Å². The van der Waals surface area contributed by atoms with Gasteiger partial charge in [0.05, 0.1) is 10.9 Å². The summed E-state index contributed by atoms with van der Waals surface area (Å²) in [5, 5.41) is 0.570. The van der Waals surface area contributed by atoms with Crippen LogP contribution in [0.3, 0.4) is 0 Å². The van der Waals surface area contributed by atoms with Crippen molar-refractivity contribution in [2.75, 3.05) is 0 Å². The molecule has 0 bridgehead atoms. The van der Waals surface area contributed by atoms with Gasteiger partial charge in [0.15, 0.2) is 0 Å². The van der Waals surface area contributed by atoms with E-state index in [1.165, 1.54) is 6.07 Å². The summed E-state index contributed by atoms with van der Waals surface area (Å²) in [5.74, 6) is -0.679. The van der Waals surface area contributed by atoms with Crippen molar-refractivity contribution in [3.05, 3.63) is 45.2 Å². The molecule has 0 spiro atoms. The number of rotatable bonds is 3. The van der Waals surface area contributed by atoms with Crippen LogP contribution in [0.25, 0.3) is 23.6 Å². The number of aldehydes is 1. The van der Waals surface area contributed by atoms with E-state index in [-0.39, 0.29) is 17.2 Å². The lowest BCUT2D eigenvalue weighted by atomic mass is 10.2. The van der Waals surface area contributed by atoms with Crippen molar-refractivity contribution >= 4 is 29.8 Å². The largest absolute Gasteiger partial charge is 0.423 e. The Kier molecular flexibility index (Phi) is 2.97. The third kappa shape index (κ3) is 2.02. The minimum absolute atomic E-state index is 0.0470. The van der Waals surface area contributed by atoms with Crippen LogP contribution >= 0.6 is 0 Å². The summed E-state index contributed by atoms with van der Waals surface area (Å²) in [6.45, 7) is 6.67. The molecule has 2 aromatic heterocycles. The molecule has 0 aromatic carbocycles. The molecule has 5 heteroatoms. The van der Waals surface area contributed by atoms with Gasteiger partial charge in [0.2, 0.25) is 0 Å². The summed E-state index contributed by atoms with van der Waals surface area (Å²) >= 11 is 0. The van der Waals surface area contributed by atoms with Crippen LogP contribution in [0.2, 0.25) is 0 Å². The second kappa shape index (κ2) is 4.44. The number of fused-ring (bicyclic) bond motifs is 1. The van der Waals surface area contributed by atoms with Crippen LogP contribution < -0.4 is 16.3 Å². The number of halogens is 1. The maximum absolute atomic E-state index is 12.9. The van der Waals surface area contributed by atoms with Crippen molar-refractivity contribution in [2.24, 2.45) is 0 Å². The highest BCUT2D eigenvalue weighted by Crippen LogP contribution is 2.07.